The number of carbonyl (C=O) groups excluding carboxylic acids is 1. The molecule has 3 nitrogen and oxygen atoms in total. The molecule has 1 amide bonds. The highest BCUT2D eigenvalue weighted by atomic mass is 16.2. The normalized spacial score (nSPS) is 16.3. The van der Waals surface area contributed by atoms with Gasteiger partial charge >= 0.3 is 0 Å². The number of aromatic nitrogens is 1. The molecule has 0 spiro atoms. The molecule has 2 heterocycles. The van der Waals surface area contributed by atoms with Crippen LogP contribution >= 0.6 is 0 Å². The number of hydrogen-bond acceptors (Lipinski definition) is 1. The second kappa shape index (κ2) is 4.12. The number of aromatic amines is 1. The van der Waals surface area contributed by atoms with Crippen LogP contribution in [0.25, 0.3) is 11.6 Å². The quantitative estimate of drug-likeness (QED) is 0.775. The van der Waals surface area contributed by atoms with Gasteiger partial charge < -0.3 is 9.88 Å². The second-order valence-electron chi connectivity index (χ2n) is 4.86. The Hall–Kier alpha value is -2.29. The summed E-state index contributed by atoms with van der Waals surface area (Å²) in [6, 6.07) is 9.78. The van der Waals surface area contributed by atoms with E-state index in [0.29, 0.717) is 5.57 Å². The van der Waals surface area contributed by atoms with E-state index in [0.717, 1.165) is 28.2 Å². The molecule has 0 bridgehead atoms. The smallest absolute Gasteiger partial charge is 0.259 e. The Morgan fingerprint density at radius 1 is 1.26 bits per heavy atom. The Labute approximate surface area is 112 Å². The lowest BCUT2D eigenvalue weighted by Gasteiger charge is -2.07. The number of nitrogens with one attached hydrogen (secondary N) is 1. The minimum absolute atomic E-state index is 0.0622. The molecule has 3 rings (SSSR count). The third kappa shape index (κ3) is 1.78. The van der Waals surface area contributed by atoms with Gasteiger partial charge in [-0.05, 0) is 37.6 Å². The van der Waals surface area contributed by atoms with E-state index in [-0.39, 0.29) is 5.91 Å². The van der Waals surface area contributed by atoms with Gasteiger partial charge in [-0.3, -0.25) is 4.79 Å². The van der Waals surface area contributed by atoms with Crippen molar-refractivity contribution in [1.82, 2.24) is 4.98 Å². The molecule has 0 fully saturated rings. The average molecular weight is 251 g/mol. The lowest BCUT2D eigenvalue weighted by atomic mass is 10.1. The zero-order valence-corrected chi connectivity index (χ0v) is 11.0. The van der Waals surface area contributed by atoms with Gasteiger partial charge in [0.2, 0.25) is 0 Å². The first-order valence-electron chi connectivity index (χ1n) is 6.20. The van der Waals surface area contributed by atoms with E-state index in [4.69, 9.17) is 0 Å². The summed E-state index contributed by atoms with van der Waals surface area (Å²) in [4.78, 5) is 17.0. The minimum Gasteiger partial charge on any atom is -0.359 e. The Kier molecular flexibility index (Phi) is 2.56. The van der Waals surface area contributed by atoms with Crippen molar-refractivity contribution < 1.29 is 4.79 Å². The van der Waals surface area contributed by atoms with Gasteiger partial charge in [-0.15, -0.1) is 0 Å². The standard InChI is InChI=1S/C16H15N2O/c1-10-8-11(2)17-14(10)9-13-12-6-4-5-7-15(12)18(3)16(13)19/h4-9,17H,3H2,1-2H3/b13-9-. The van der Waals surface area contributed by atoms with E-state index in [1.807, 2.05) is 44.2 Å². The largest absolute Gasteiger partial charge is 0.359 e. The van der Waals surface area contributed by atoms with Crippen LogP contribution < -0.4 is 4.90 Å². The molecule has 1 radical (unpaired) electrons. The summed E-state index contributed by atoms with van der Waals surface area (Å²) >= 11 is 0. The molecule has 95 valence electrons. The molecule has 0 unspecified atom stereocenters. The lowest BCUT2D eigenvalue weighted by Crippen LogP contribution is -2.17. The third-order valence-corrected chi connectivity index (χ3v) is 3.44. The van der Waals surface area contributed by atoms with Gasteiger partial charge in [-0.2, -0.15) is 0 Å². The van der Waals surface area contributed by atoms with Gasteiger partial charge in [0.05, 0.1) is 11.3 Å². The highest BCUT2D eigenvalue weighted by Gasteiger charge is 2.29. The molecule has 1 aliphatic rings. The molecule has 0 aliphatic carbocycles. The molecule has 1 aliphatic heterocycles. The average Bonchev–Trinajstić information content (AvgIpc) is 2.83. The van der Waals surface area contributed by atoms with Gasteiger partial charge in [0.15, 0.2) is 0 Å². The maximum atomic E-state index is 12.3. The Balaban J connectivity index is 2.16. The highest BCUT2D eigenvalue weighted by molar-refractivity contribution is 6.35. The van der Waals surface area contributed by atoms with Crippen LogP contribution in [0, 0.1) is 20.9 Å². The van der Waals surface area contributed by atoms with Gasteiger partial charge in [-0.1, -0.05) is 18.2 Å². The fourth-order valence-electron chi connectivity index (χ4n) is 2.49. The SMILES string of the molecule is [CH2]N1C(=O)/C(=C\c2[nH]c(C)cc2C)c2ccccc21. The number of hydrogen-bond donors (Lipinski definition) is 1. The van der Waals surface area contributed by atoms with Gasteiger partial charge in [0, 0.05) is 24.0 Å². The summed E-state index contributed by atoms with van der Waals surface area (Å²) in [5, 5.41) is 0. The van der Waals surface area contributed by atoms with E-state index in [2.05, 4.69) is 18.1 Å². The number of benzene rings is 1. The summed E-state index contributed by atoms with van der Waals surface area (Å²) in [5.41, 5.74) is 5.70. The van der Waals surface area contributed by atoms with E-state index < -0.39 is 0 Å². The number of para-hydroxylation sites is 1. The molecule has 3 heteroatoms. The van der Waals surface area contributed by atoms with E-state index in [1.54, 1.807) is 0 Å². The number of aryl methyl sites for hydroxylation is 2. The number of rotatable bonds is 1. The number of amides is 1. The Morgan fingerprint density at radius 2 is 2.00 bits per heavy atom. The fourth-order valence-corrected chi connectivity index (χ4v) is 2.49. The van der Waals surface area contributed by atoms with Crippen LogP contribution in [0.1, 0.15) is 22.5 Å². The van der Waals surface area contributed by atoms with Crippen LogP contribution in [0.5, 0.6) is 0 Å². The number of anilines is 1. The van der Waals surface area contributed by atoms with E-state index in [1.165, 1.54) is 4.90 Å². The molecule has 0 saturated heterocycles. The molecular weight excluding hydrogens is 236 g/mol. The molecular formula is C16H15N2O. The van der Waals surface area contributed by atoms with Crippen molar-refractivity contribution in [1.29, 1.82) is 0 Å². The maximum Gasteiger partial charge on any atom is 0.259 e. The first-order chi connectivity index (χ1) is 9.08. The van der Waals surface area contributed by atoms with Gasteiger partial charge in [-0.25, -0.2) is 0 Å². The zero-order valence-electron chi connectivity index (χ0n) is 11.0. The number of nitrogens with zero attached hydrogens (tertiary/aromatic N) is 1. The topological polar surface area (TPSA) is 36.1 Å². The molecule has 0 atom stereocenters. The molecule has 19 heavy (non-hydrogen) atoms. The zero-order chi connectivity index (χ0) is 13.6. The maximum absolute atomic E-state index is 12.3. The number of fused-ring (bicyclic) bond motifs is 1. The first kappa shape index (κ1) is 11.8. The highest BCUT2D eigenvalue weighted by Crippen LogP contribution is 2.37. The minimum atomic E-state index is -0.0622. The first-order valence-corrected chi connectivity index (χ1v) is 6.20. The van der Waals surface area contributed by atoms with Gasteiger partial charge in [0.1, 0.15) is 0 Å². The van der Waals surface area contributed by atoms with E-state index in [9.17, 15) is 4.79 Å². The fraction of sp³-hybridized carbons (Fsp3) is 0.125. The Bertz CT molecular complexity index is 695. The Morgan fingerprint density at radius 3 is 2.68 bits per heavy atom. The van der Waals surface area contributed by atoms with Crippen molar-refractivity contribution in [3.05, 3.63) is 59.9 Å². The van der Waals surface area contributed by atoms with Crippen LogP contribution in [0.15, 0.2) is 30.3 Å². The third-order valence-electron chi connectivity index (χ3n) is 3.44. The van der Waals surface area contributed by atoms with Crippen molar-refractivity contribution >= 4 is 23.2 Å². The molecule has 0 saturated carbocycles. The predicted octanol–water partition coefficient (Wildman–Crippen LogP) is 3.31. The van der Waals surface area contributed by atoms with Crippen molar-refractivity contribution in [3.8, 4) is 0 Å². The van der Waals surface area contributed by atoms with Crippen molar-refractivity contribution in [2.75, 3.05) is 4.90 Å². The van der Waals surface area contributed by atoms with Crippen LogP contribution in [-0.2, 0) is 4.79 Å². The van der Waals surface area contributed by atoms with Crippen molar-refractivity contribution in [3.63, 3.8) is 0 Å². The molecule has 1 aromatic carbocycles. The summed E-state index contributed by atoms with van der Waals surface area (Å²) in [7, 11) is 3.81. The molecule has 1 N–H and O–H groups in total. The number of H-pyrrole nitrogens is 1. The summed E-state index contributed by atoms with van der Waals surface area (Å²) in [5.74, 6) is -0.0622. The van der Waals surface area contributed by atoms with Crippen LogP contribution in [-0.4, -0.2) is 10.9 Å². The van der Waals surface area contributed by atoms with Gasteiger partial charge in [0.25, 0.3) is 5.91 Å². The molecule has 2 aromatic rings. The van der Waals surface area contributed by atoms with Crippen LogP contribution in [0.4, 0.5) is 5.69 Å². The second-order valence-corrected chi connectivity index (χ2v) is 4.86. The van der Waals surface area contributed by atoms with E-state index >= 15 is 0 Å². The monoisotopic (exact) mass is 251 g/mol. The van der Waals surface area contributed by atoms with Crippen LogP contribution in [0.3, 0.4) is 0 Å². The predicted molar refractivity (Wildman–Crippen MR) is 77.4 cm³/mol. The lowest BCUT2D eigenvalue weighted by molar-refractivity contribution is -0.112. The molecule has 1 aromatic heterocycles. The summed E-state index contributed by atoms with van der Waals surface area (Å²) in [6.07, 6.45) is 1.91. The van der Waals surface area contributed by atoms with Crippen LogP contribution in [0.2, 0.25) is 0 Å². The number of carbonyl (C=O) groups is 1. The summed E-state index contributed by atoms with van der Waals surface area (Å²) in [6.45, 7) is 4.04. The van der Waals surface area contributed by atoms with Crippen molar-refractivity contribution in [2.45, 2.75) is 13.8 Å². The summed E-state index contributed by atoms with van der Waals surface area (Å²) < 4.78 is 0. The van der Waals surface area contributed by atoms with Crippen molar-refractivity contribution in [2.24, 2.45) is 0 Å².